The number of hydrogen-bond acceptors (Lipinski definition) is 4. The average molecular weight is 320 g/mol. The summed E-state index contributed by atoms with van der Waals surface area (Å²) < 4.78 is 1.92. The Labute approximate surface area is 135 Å². The van der Waals surface area contributed by atoms with Crippen molar-refractivity contribution in [2.75, 3.05) is 18.4 Å². The highest BCUT2D eigenvalue weighted by Gasteiger charge is 2.29. The van der Waals surface area contributed by atoms with E-state index in [4.69, 9.17) is 0 Å². The molecule has 1 saturated heterocycles. The SMILES string of the molecule is CCn1nc(NC(=O)CN2CCCCC(O)C2=O)cc1C1CC1. The Kier molecular flexibility index (Phi) is 4.66. The molecule has 1 aromatic rings. The summed E-state index contributed by atoms with van der Waals surface area (Å²) in [7, 11) is 0. The molecule has 1 aliphatic carbocycles. The first-order valence-electron chi connectivity index (χ1n) is 8.43. The summed E-state index contributed by atoms with van der Waals surface area (Å²) in [6.45, 7) is 3.29. The molecule has 23 heavy (non-hydrogen) atoms. The second-order valence-electron chi connectivity index (χ2n) is 6.36. The summed E-state index contributed by atoms with van der Waals surface area (Å²) in [4.78, 5) is 25.7. The van der Waals surface area contributed by atoms with Gasteiger partial charge in [0.05, 0.1) is 6.54 Å². The molecule has 3 rings (SSSR count). The average Bonchev–Trinajstić information content (AvgIpc) is 3.31. The third kappa shape index (κ3) is 3.72. The zero-order valence-electron chi connectivity index (χ0n) is 13.5. The number of aliphatic hydroxyl groups is 1. The Morgan fingerprint density at radius 2 is 2.17 bits per heavy atom. The Bertz CT molecular complexity index is 594. The van der Waals surface area contributed by atoms with Crippen LogP contribution in [0.4, 0.5) is 5.82 Å². The summed E-state index contributed by atoms with van der Waals surface area (Å²) in [5.74, 6) is 0.489. The number of amides is 2. The smallest absolute Gasteiger partial charge is 0.251 e. The minimum atomic E-state index is -0.980. The van der Waals surface area contributed by atoms with Gasteiger partial charge >= 0.3 is 0 Å². The van der Waals surface area contributed by atoms with Crippen LogP contribution in [-0.2, 0) is 16.1 Å². The Balaban J connectivity index is 1.61. The second kappa shape index (κ2) is 6.70. The summed E-state index contributed by atoms with van der Waals surface area (Å²) in [5.41, 5.74) is 1.17. The molecule has 0 spiro atoms. The van der Waals surface area contributed by atoms with Crippen LogP contribution in [0.25, 0.3) is 0 Å². The van der Waals surface area contributed by atoms with Crippen molar-refractivity contribution in [1.82, 2.24) is 14.7 Å². The van der Waals surface area contributed by atoms with Crippen LogP contribution in [0.5, 0.6) is 0 Å². The number of anilines is 1. The number of nitrogens with zero attached hydrogens (tertiary/aromatic N) is 3. The molecule has 2 heterocycles. The minimum Gasteiger partial charge on any atom is -0.383 e. The van der Waals surface area contributed by atoms with Gasteiger partial charge in [0.25, 0.3) is 5.91 Å². The molecule has 2 amide bonds. The third-order valence-electron chi connectivity index (χ3n) is 4.46. The number of aliphatic hydroxyl groups excluding tert-OH is 1. The van der Waals surface area contributed by atoms with Gasteiger partial charge in [-0.05, 0) is 39.0 Å². The van der Waals surface area contributed by atoms with Crippen LogP contribution in [0, 0.1) is 0 Å². The van der Waals surface area contributed by atoms with Crippen LogP contribution in [-0.4, -0.2) is 50.8 Å². The summed E-state index contributed by atoms with van der Waals surface area (Å²) in [5, 5.41) is 16.9. The van der Waals surface area contributed by atoms with E-state index in [-0.39, 0.29) is 18.4 Å². The Hall–Kier alpha value is -1.89. The zero-order valence-corrected chi connectivity index (χ0v) is 13.5. The fourth-order valence-electron chi connectivity index (χ4n) is 3.05. The van der Waals surface area contributed by atoms with Crippen molar-refractivity contribution in [3.63, 3.8) is 0 Å². The van der Waals surface area contributed by atoms with E-state index in [9.17, 15) is 14.7 Å². The van der Waals surface area contributed by atoms with Crippen LogP contribution in [0.15, 0.2) is 6.07 Å². The molecular weight excluding hydrogens is 296 g/mol. The largest absolute Gasteiger partial charge is 0.383 e. The summed E-state index contributed by atoms with van der Waals surface area (Å²) in [6.07, 6.45) is 3.47. The number of hydrogen-bond donors (Lipinski definition) is 2. The first-order valence-corrected chi connectivity index (χ1v) is 8.43. The number of rotatable bonds is 5. The molecule has 1 aliphatic heterocycles. The van der Waals surface area contributed by atoms with Gasteiger partial charge in [-0.1, -0.05) is 0 Å². The van der Waals surface area contributed by atoms with Crippen molar-refractivity contribution in [2.24, 2.45) is 0 Å². The standard InChI is InChI=1S/C16H24N4O3/c1-2-20-12(11-6-7-11)9-14(18-20)17-15(22)10-19-8-4-3-5-13(21)16(19)23/h9,11,13,21H,2-8,10H2,1H3,(H,17,18,22). The molecule has 0 bridgehead atoms. The van der Waals surface area contributed by atoms with Gasteiger partial charge in [-0.2, -0.15) is 5.10 Å². The molecule has 1 saturated carbocycles. The highest BCUT2D eigenvalue weighted by Crippen LogP contribution is 2.40. The zero-order chi connectivity index (χ0) is 16.4. The van der Waals surface area contributed by atoms with Crippen molar-refractivity contribution in [2.45, 2.75) is 57.6 Å². The van der Waals surface area contributed by atoms with E-state index in [2.05, 4.69) is 10.4 Å². The van der Waals surface area contributed by atoms with Gasteiger partial charge in [0.15, 0.2) is 5.82 Å². The van der Waals surface area contributed by atoms with Crippen LogP contribution in [0.1, 0.15) is 50.6 Å². The molecule has 1 unspecified atom stereocenters. The second-order valence-corrected chi connectivity index (χ2v) is 6.36. The number of aryl methyl sites for hydroxylation is 1. The van der Waals surface area contributed by atoms with Gasteiger partial charge in [0, 0.05) is 30.8 Å². The molecule has 0 aromatic carbocycles. The fourth-order valence-corrected chi connectivity index (χ4v) is 3.05. The quantitative estimate of drug-likeness (QED) is 0.850. The van der Waals surface area contributed by atoms with Gasteiger partial charge in [0.2, 0.25) is 5.91 Å². The van der Waals surface area contributed by atoms with Gasteiger partial charge in [-0.25, -0.2) is 0 Å². The molecule has 7 nitrogen and oxygen atoms in total. The maximum Gasteiger partial charge on any atom is 0.251 e. The van der Waals surface area contributed by atoms with E-state index < -0.39 is 6.10 Å². The topological polar surface area (TPSA) is 87.5 Å². The first-order chi connectivity index (χ1) is 11.1. The Morgan fingerprint density at radius 3 is 2.87 bits per heavy atom. The van der Waals surface area contributed by atoms with Gasteiger partial charge in [-0.15, -0.1) is 0 Å². The minimum absolute atomic E-state index is 0.0341. The molecule has 1 atom stereocenters. The molecular formula is C16H24N4O3. The van der Waals surface area contributed by atoms with E-state index in [1.54, 1.807) is 0 Å². The Morgan fingerprint density at radius 1 is 1.39 bits per heavy atom. The fraction of sp³-hybridized carbons (Fsp3) is 0.688. The van der Waals surface area contributed by atoms with Crippen molar-refractivity contribution in [3.05, 3.63) is 11.8 Å². The lowest BCUT2D eigenvalue weighted by atomic mass is 10.2. The predicted molar refractivity (Wildman–Crippen MR) is 84.9 cm³/mol. The van der Waals surface area contributed by atoms with Crippen LogP contribution in [0.2, 0.25) is 0 Å². The van der Waals surface area contributed by atoms with Crippen LogP contribution in [0.3, 0.4) is 0 Å². The van der Waals surface area contributed by atoms with E-state index >= 15 is 0 Å². The lowest BCUT2D eigenvalue weighted by Crippen LogP contribution is -2.42. The molecule has 1 aromatic heterocycles. The van der Waals surface area contributed by atoms with E-state index in [0.717, 1.165) is 19.4 Å². The highest BCUT2D eigenvalue weighted by atomic mass is 16.3. The number of carbonyl (C=O) groups excluding carboxylic acids is 2. The number of likely N-dealkylation sites (tertiary alicyclic amines) is 1. The lowest BCUT2D eigenvalue weighted by molar-refractivity contribution is -0.141. The van der Waals surface area contributed by atoms with Crippen molar-refractivity contribution < 1.29 is 14.7 Å². The monoisotopic (exact) mass is 320 g/mol. The molecule has 2 aliphatic rings. The summed E-state index contributed by atoms with van der Waals surface area (Å²) in [6, 6.07) is 1.93. The van der Waals surface area contributed by atoms with E-state index in [1.807, 2.05) is 17.7 Å². The van der Waals surface area contributed by atoms with Gasteiger partial charge in [-0.3, -0.25) is 14.3 Å². The number of nitrogens with one attached hydrogen (secondary N) is 1. The van der Waals surface area contributed by atoms with Crippen molar-refractivity contribution in [1.29, 1.82) is 0 Å². The maximum absolute atomic E-state index is 12.2. The molecule has 7 heteroatoms. The van der Waals surface area contributed by atoms with Gasteiger partial charge in [0.1, 0.15) is 6.10 Å². The van der Waals surface area contributed by atoms with Crippen LogP contribution < -0.4 is 5.32 Å². The first kappa shape index (κ1) is 16.0. The molecule has 0 radical (unpaired) electrons. The number of carbonyl (C=O) groups is 2. The maximum atomic E-state index is 12.2. The molecule has 126 valence electrons. The summed E-state index contributed by atoms with van der Waals surface area (Å²) >= 11 is 0. The normalized spacial score (nSPS) is 22.1. The van der Waals surface area contributed by atoms with E-state index in [1.165, 1.54) is 23.4 Å². The van der Waals surface area contributed by atoms with Gasteiger partial charge < -0.3 is 15.3 Å². The highest BCUT2D eigenvalue weighted by molar-refractivity contribution is 5.94. The van der Waals surface area contributed by atoms with E-state index in [0.29, 0.717) is 24.7 Å². The van der Waals surface area contributed by atoms with Crippen molar-refractivity contribution >= 4 is 17.6 Å². The molecule has 2 fully saturated rings. The van der Waals surface area contributed by atoms with Crippen LogP contribution >= 0.6 is 0 Å². The predicted octanol–water partition coefficient (Wildman–Crippen LogP) is 1.09. The lowest BCUT2D eigenvalue weighted by Gasteiger charge is -2.21. The number of aromatic nitrogens is 2. The third-order valence-corrected chi connectivity index (χ3v) is 4.46. The molecule has 2 N–H and O–H groups in total. The van der Waals surface area contributed by atoms with Crippen molar-refractivity contribution in [3.8, 4) is 0 Å².